The monoisotopic (exact) mass is 224 g/mol. The molecule has 0 saturated heterocycles. The minimum absolute atomic E-state index is 0.0310. The first-order valence-electron chi connectivity index (χ1n) is 4.37. The third-order valence-electron chi connectivity index (χ3n) is 1.70. The van der Waals surface area contributed by atoms with Gasteiger partial charge in [-0.05, 0) is 30.8 Å². The topological polar surface area (TPSA) is 50.3 Å². The Kier molecular flexibility index (Phi) is 3.85. The Morgan fingerprint density at radius 1 is 1.40 bits per heavy atom. The number of rotatable bonds is 2. The molecule has 0 aromatic carbocycles. The number of amides is 1. The predicted octanol–water partition coefficient (Wildman–Crippen LogP) is 2.06. The van der Waals surface area contributed by atoms with Crippen molar-refractivity contribution in [2.24, 2.45) is 0 Å². The summed E-state index contributed by atoms with van der Waals surface area (Å²) in [7, 11) is 3.34. The van der Waals surface area contributed by atoms with Crippen molar-refractivity contribution in [3.63, 3.8) is 0 Å². The maximum atomic E-state index is 11.4. The molecule has 0 bridgehead atoms. The van der Waals surface area contributed by atoms with Gasteiger partial charge in [0.2, 0.25) is 0 Å². The van der Waals surface area contributed by atoms with Crippen LogP contribution in [0.3, 0.4) is 0 Å². The molecule has 0 atom stereocenters. The van der Waals surface area contributed by atoms with E-state index in [-0.39, 0.29) is 11.0 Å². The SMILES string of the molecule is CC(=O)c1ccnc(SC(=O)N(C)C)c1. The molecule has 5 heteroatoms. The molecule has 0 spiro atoms. The summed E-state index contributed by atoms with van der Waals surface area (Å²) in [4.78, 5) is 27.9. The molecule has 0 aliphatic carbocycles. The normalized spacial score (nSPS) is 9.80. The smallest absolute Gasteiger partial charge is 0.287 e. The molecule has 1 aromatic heterocycles. The van der Waals surface area contributed by atoms with Crippen molar-refractivity contribution in [3.8, 4) is 0 Å². The quantitative estimate of drug-likeness (QED) is 0.570. The van der Waals surface area contributed by atoms with Crippen LogP contribution in [0, 0.1) is 0 Å². The number of thioether (sulfide) groups is 1. The Balaban J connectivity index is 2.83. The first-order chi connectivity index (χ1) is 7.00. The average molecular weight is 224 g/mol. The summed E-state index contributed by atoms with van der Waals surface area (Å²) in [6.45, 7) is 1.48. The van der Waals surface area contributed by atoms with Crippen LogP contribution in [0.5, 0.6) is 0 Å². The van der Waals surface area contributed by atoms with Crippen LogP contribution >= 0.6 is 11.8 Å². The lowest BCUT2D eigenvalue weighted by atomic mass is 10.2. The van der Waals surface area contributed by atoms with Gasteiger partial charge >= 0.3 is 0 Å². The van der Waals surface area contributed by atoms with E-state index in [0.717, 1.165) is 11.8 Å². The molecular formula is C10H12N2O2S. The van der Waals surface area contributed by atoms with Gasteiger partial charge in [0.15, 0.2) is 5.78 Å². The van der Waals surface area contributed by atoms with Gasteiger partial charge in [-0.25, -0.2) is 4.98 Å². The first-order valence-corrected chi connectivity index (χ1v) is 5.18. The zero-order chi connectivity index (χ0) is 11.4. The maximum Gasteiger partial charge on any atom is 0.287 e. The van der Waals surface area contributed by atoms with Crippen LogP contribution in [0.15, 0.2) is 23.4 Å². The third-order valence-corrected chi connectivity index (χ3v) is 2.67. The second kappa shape index (κ2) is 4.93. The number of Topliss-reactive ketones (excluding diaryl/α,β-unsaturated/α-hetero) is 1. The second-order valence-corrected chi connectivity index (χ2v) is 4.17. The number of nitrogens with zero attached hydrogens (tertiary/aromatic N) is 2. The number of carbonyl (C=O) groups is 2. The van der Waals surface area contributed by atoms with E-state index in [1.165, 1.54) is 18.0 Å². The van der Waals surface area contributed by atoms with Crippen LogP contribution in [0.1, 0.15) is 17.3 Å². The molecule has 15 heavy (non-hydrogen) atoms. The van der Waals surface area contributed by atoms with Crippen molar-refractivity contribution in [3.05, 3.63) is 23.9 Å². The fourth-order valence-electron chi connectivity index (χ4n) is 0.865. The third kappa shape index (κ3) is 3.36. The van der Waals surface area contributed by atoms with Gasteiger partial charge in [-0.15, -0.1) is 0 Å². The van der Waals surface area contributed by atoms with E-state index in [4.69, 9.17) is 0 Å². The molecule has 0 radical (unpaired) electrons. The molecule has 1 rings (SSSR count). The fraction of sp³-hybridized carbons (Fsp3) is 0.300. The number of ketones is 1. The van der Waals surface area contributed by atoms with E-state index < -0.39 is 0 Å². The van der Waals surface area contributed by atoms with Crippen LogP contribution in [0.4, 0.5) is 4.79 Å². The van der Waals surface area contributed by atoms with Gasteiger partial charge < -0.3 is 4.90 Å². The van der Waals surface area contributed by atoms with Crippen molar-refractivity contribution < 1.29 is 9.59 Å². The van der Waals surface area contributed by atoms with E-state index in [0.29, 0.717) is 10.6 Å². The molecular weight excluding hydrogens is 212 g/mol. The van der Waals surface area contributed by atoms with Crippen molar-refractivity contribution >= 4 is 22.8 Å². The summed E-state index contributed by atoms with van der Waals surface area (Å²) in [6.07, 6.45) is 1.53. The Hall–Kier alpha value is -1.36. The predicted molar refractivity (Wildman–Crippen MR) is 59.2 cm³/mol. The first kappa shape index (κ1) is 11.7. The lowest BCUT2D eigenvalue weighted by molar-refractivity contribution is 0.101. The summed E-state index contributed by atoms with van der Waals surface area (Å²) in [5.74, 6) is -0.0310. The Morgan fingerprint density at radius 2 is 2.07 bits per heavy atom. The molecule has 4 nitrogen and oxygen atoms in total. The van der Waals surface area contributed by atoms with Gasteiger partial charge in [-0.1, -0.05) is 0 Å². The molecule has 1 aromatic rings. The lowest BCUT2D eigenvalue weighted by Gasteiger charge is -2.08. The summed E-state index contributed by atoms with van der Waals surface area (Å²) in [5.41, 5.74) is 0.569. The number of pyridine rings is 1. The van der Waals surface area contributed by atoms with E-state index in [2.05, 4.69) is 4.98 Å². The highest BCUT2D eigenvalue weighted by Gasteiger charge is 2.09. The van der Waals surface area contributed by atoms with Gasteiger partial charge in [0.05, 0.1) is 0 Å². The van der Waals surface area contributed by atoms with Gasteiger partial charge in [-0.3, -0.25) is 9.59 Å². The summed E-state index contributed by atoms with van der Waals surface area (Å²) < 4.78 is 0. The molecule has 0 fully saturated rings. The summed E-state index contributed by atoms with van der Waals surface area (Å²) in [6, 6.07) is 3.25. The van der Waals surface area contributed by atoms with Gasteiger partial charge in [-0.2, -0.15) is 0 Å². The Labute approximate surface area is 92.7 Å². The zero-order valence-electron chi connectivity index (χ0n) is 8.85. The number of carbonyl (C=O) groups excluding carboxylic acids is 2. The van der Waals surface area contributed by atoms with Crippen molar-refractivity contribution in [1.82, 2.24) is 9.88 Å². The minimum Gasteiger partial charge on any atom is -0.339 e. The highest BCUT2D eigenvalue weighted by molar-refractivity contribution is 8.13. The largest absolute Gasteiger partial charge is 0.339 e. The molecule has 0 aliphatic heterocycles. The van der Waals surface area contributed by atoms with Crippen LogP contribution < -0.4 is 0 Å². The minimum atomic E-state index is -0.108. The number of aromatic nitrogens is 1. The Morgan fingerprint density at radius 3 is 2.60 bits per heavy atom. The van der Waals surface area contributed by atoms with Crippen molar-refractivity contribution in [2.75, 3.05) is 14.1 Å². The van der Waals surface area contributed by atoms with Gasteiger partial charge in [0, 0.05) is 25.9 Å². The van der Waals surface area contributed by atoms with E-state index in [1.807, 2.05) is 0 Å². The average Bonchev–Trinajstić information content (AvgIpc) is 2.18. The van der Waals surface area contributed by atoms with Gasteiger partial charge in [0.25, 0.3) is 5.24 Å². The van der Waals surface area contributed by atoms with E-state index in [9.17, 15) is 9.59 Å². The highest BCUT2D eigenvalue weighted by Crippen LogP contribution is 2.18. The molecule has 0 N–H and O–H groups in total. The molecule has 0 unspecified atom stereocenters. The van der Waals surface area contributed by atoms with E-state index >= 15 is 0 Å². The Bertz CT molecular complexity index is 391. The summed E-state index contributed by atoms with van der Waals surface area (Å²) in [5, 5.41) is 0.435. The number of hydrogen-bond donors (Lipinski definition) is 0. The van der Waals surface area contributed by atoms with Gasteiger partial charge in [0.1, 0.15) is 5.03 Å². The van der Waals surface area contributed by atoms with Crippen LogP contribution in [-0.2, 0) is 0 Å². The lowest BCUT2D eigenvalue weighted by Crippen LogP contribution is -2.16. The molecule has 1 heterocycles. The standard InChI is InChI=1S/C10H12N2O2S/c1-7(13)8-4-5-11-9(6-8)15-10(14)12(2)3/h4-6H,1-3H3. The van der Waals surface area contributed by atoms with Crippen LogP contribution in [0.2, 0.25) is 0 Å². The number of hydrogen-bond acceptors (Lipinski definition) is 4. The van der Waals surface area contributed by atoms with Crippen LogP contribution in [-0.4, -0.2) is 35.0 Å². The van der Waals surface area contributed by atoms with E-state index in [1.54, 1.807) is 26.2 Å². The summed E-state index contributed by atoms with van der Waals surface area (Å²) >= 11 is 1.01. The molecule has 1 amide bonds. The fourth-order valence-corrected chi connectivity index (χ4v) is 1.53. The molecule has 0 saturated carbocycles. The van der Waals surface area contributed by atoms with Crippen LogP contribution in [0.25, 0.3) is 0 Å². The molecule has 0 aliphatic rings. The zero-order valence-corrected chi connectivity index (χ0v) is 9.67. The molecule has 80 valence electrons. The highest BCUT2D eigenvalue weighted by atomic mass is 32.2. The van der Waals surface area contributed by atoms with Crippen molar-refractivity contribution in [1.29, 1.82) is 0 Å². The maximum absolute atomic E-state index is 11.4. The van der Waals surface area contributed by atoms with Crippen molar-refractivity contribution in [2.45, 2.75) is 11.9 Å². The second-order valence-electron chi connectivity index (χ2n) is 3.20.